The Morgan fingerprint density at radius 2 is 2.04 bits per heavy atom. The average Bonchev–Trinajstić information content (AvgIpc) is 2.94. The van der Waals surface area contributed by atoms with Gasteiger partial charge in [-0.05, 0) is 44.2 Å². The molecule has 0 radical (unpaired) electrons. The van der Waals surface area contributed by atoms with Gasteiger partial charge >= 0.3 is 0 Å². The third-order valence-corrected chi connectivity index (χ3v) is 5.32. The number of nitrogens with one attached hydrogen (secondary N) is 1. The lowest BCUT2D eigenvalue weighted by molar-refractivity contribution is 0.0845. The van der Waals surface area contributed by atoms with Gasteiger partial charge in [-0.1, -0.05) is 13.8 Å². The lowest BCUT2D eigenvalue weighted by Gasteiger charge is -2.37. The van der Waals surface area contributed by atoms with Crippen molar-refractivity contribution in [3.8, 4) is 5.75 Å². The van der Waals surface area contributed by atoms with Crippen LogP contribution in [0.25, 0.3) is 11.0 Å². The molecule has 1 aliphatic carbocycles. The SMILES string of the molecule is CSC(C)NC1CC(Oc2ccc3cc(C(=O)C(C)C)oc3c2)C1. The van der Waals surface area contributed by atoms with Gasteiger partial charge in [0, 0.05) is 23.4 Å². The number of rotatable bonds is 7. The van der Waals surface area contributed by atoms with Gasteiger partial charge in [0.15, 0.2) is 5.76 Å². The second kappa shape index (κ2) is 7.19. The molecule has 0 bridgehead atoms. The lowest BCUT2D eigenvalue weighted by atomic mass is 9.89. The first kappa shape index (κ1) is 17.4. The predicted octanol–water partition coefficient (Wildman–Crippen LogP) is 4.48. The quantitative estimate of drug-likeness (QED) is 0.591. The molecule has 1 unspecified atom stereocenters. The molecule has 1 atom stereocenters. The number of hydrogen-bond donors (Lipinski definition) is 1. The Kier molecular flexibility index (Phi) is 5.21. The van der Waals surface area contributed by atoms with E-state index in [1.54, 1.807) is 0 Å². The van der Waals surface area contributed by atoms with Crippen LogP contribution in [0.1, 0.15) is 44.2 Å². The van der Waals surface area contributed by atoms with E-state index in [-0.39, 0.29) is 17.8 Å². The molecule has 0 aliphatic heterocycles. The minimum Gasteiger partial charge on any atom is -0.490 e. The summed E-state index contributed by atoms with van der Waals surface area (Å²) in [6.45, 7) is 5.94. The summed E-state index contributed by atoms with van der Waals surface area (Å²) >= 11 is 1.82. The summed E-state index contributed by atoms with van der Waals surface area (Å²) in [6.07, 6.45) is 4.41. The van der Waals surface area contributed by atoms with Gasteiger partial charge in [0.05, 0.1) is 5.37 Å². The number of benzene rings is 1. The Morgan fingerprint density at radius 1 is 1.29 bits per heavy atom. The smallest absolute Gasteiger partial charge is 0.200 e. The molecule has 0 saturated heterocycles. The van der Waals surface area contributed by atoms with Crippen molar-refractivity contribution in [3.05, 3.63) is 30.0 Å². The number of carbonyl (C=O) groups excluding carboxylic acids is 1. The van der Waals surface area contributed by atoms with E-state index in [0.717, 1.165) is 24.0 Å². The summed E-state index contributed by atoms with van der Waals surface area (Å²) < 4.78 is 11.7. The number of hydrogen-bond acceptors (Lipinski definition) is 5. The predicted molar refractivity (Wildman–Crippen MR) is 98.9 cm³/mol. The monoisotopic (exact) mass is 347 g/mol. The van der Waals surface area contributed by atoms with E-state index in [9.17, 15) is 4.79 Å². The summed E-state index contributed by atoms with van der Waals surface area (Å²) in [6, 6.07) is 8.15. The fourth-order valence-corrected chi connectivity index (χ4v) is 3.21. The molecule has 4 nitrogen and oxygen atoms in total. The maximum atomic E-state index is 12.0. The number of ketones is 1. The topological polar surface area (TPSA) is 51.5 Å². The van der Waals surface area contributed by atoms with Crippen LogP contribution in [-0.2, 0) is 0 Å². The van der Waals surface area contributed by atoms with E-state index in [2.05, 4.69) is 18.5 Å². The van der Waals surface area contributed by atoms with Crippen molar-refractivity contribution >= 4 is 28.5 Å². The van der Waals surface area contributed by atoms with Crippen LogP contribution < -0.4 is 10.1 Å². The highest BCUT2D eigenvalue weighted by molar-refractivity contribution is 7.99. The molecule has 130 valence electrons. The van der Waals surface area contributed by atoms with Crippen LogP contribution in [0, 0.1) is 5.92 Å². The Bertz CT molecular complexity index is 718. The third kappa shape index (κ3) is 3.78. The molecule has 1 heterocycles. The molecule has 1 saturated carbocycles. The van der Waals surface area contributed by atoms with Crippen LogP contribution in [0.4, 0.5) is 0 Å². The first-order chi connectivity index (χ1) is 11.5. The third-order valence-electron chi connectivity index (χ3n) is 4.48. The van der Waals surface area contributed by atoms with Crippen molar-refractivity contribution in [2.75, 3.05) is 6.26 Å². The maximum absolute atomic E-state index is 12.0. The van der Waals surface area contributed by atoms with Gasteiger partial charge in [-0.15, -0.1) is 11.8 Å². The van der Waals surface area contributed by atoms with Crippen molar-refractivity contribution in [2.45, 2.75) is 51.1 Å². The minimum atomic E-state index is -0.0654. The largest absolute Gasteiger partial charge is 0.490 e. The highest BCUT2D eigenvalue weighted by Crippen LogP contribution is 2.30. The van der Waals surface area contributed by atoms with Crippen LogP contribution in [0.2, 0.25) is 0 Å². The zero-order valence-electron chi connectivity index (χ0n) is 14.7. The summed E-state index contributed by atoms with van der Waals surface area (Å²) in [7, 11) is 0. The van der Waals surface area contributed by atoms with Gasteiger partial charge in [-0.2, -0.15) is 0 Å². The van der Waals surface area contributed by atoms with Crippen molar-refractivity contribution in [1.29, 1.82) is 0 Å². The zero-order valence-corrected chi connectivity index (χ0v) is 15.5. The van der Waals surface area contributed by atoms with Gasteiger partial charge in [-0.25, -0.2) is 0 Å². The number of carbonyl (C=O) groups is 1. The normalized spacial score (nSPS) is 21.7. The van der Waals surface area contributed by atoms with Crippen molar-refractivity contribution in [3.63, 3.8) is 0 Å². The molecule has 0 amide bonds. The first-order valence-electron chi connectivity index (χ1n) is 8.49. The second-order valence-electron chi connectivity index (χ2n) is 6.78. The van der Waals surface area contributed by atoms with Gasteiger partial charge in [0.25, 0.3) is 0 Å². The van der Waals surface area contributed by atoms with Crippen LogP contribution in [0.15, 0.2) is 28.7 Å². The van der Waals surface area contributed by atoms with E-state index >= 15 is 0 Å². The van der Waals surface area contributed by atoms with Gasteiger partial charge in [0.1, 0.15) is 17.4 Å². The molecule has 5 heteroatoms. The summed E-state index contributed by atoms with van der Waals surface area (Å²) in [5.41, 5.74) is 0.710. The van der Waals surface area contributed by atoms with Crippen LogP contribution in [0.5, 0.6) is 5.75 Å². The van der Waals surface area contributed by atoms with Gasteiger partial charge in [-0.3, -0.25) is 4.79 Å². The van der Waals surface area contributed by atoms with E-state index in [1.165, 1.54) is 0 Å². The standard InChI is InChI=1S/C19H25NO3S/c1-11(2)19(21)18-7-13-5-6-15(10-17(13)23-18)22-16-8-14(9-16)20-12(3)24-4/h5-7,10-12,14,16,20H,8-9H2,1-4H3. The van der Waals surface area contributed by atoms with Crippen molar-refractivity contribution < 1.29 is 13.9 Å². The molecule has 1 aromatic carbocycles. The molecule has 0 spiro atoms. The Labute approximate surface area is 147 Å². The zero-order chi connectivity index (χ0) is 17.3. The summed E-state index contributed by atoms with van der Waals surface area (Å²) in [4.78, 5) is 12.0. The molecule has 1 N–H and O–H groups in total. The van der Waals surface area contributed by atoms with E-state index < -0.39 is 0 Å². The molecule has 3 rings (SSSR count). The second-order valence-corrected chi connectivity index (χ2v) is 7.96. The number of furan rings is 1. The first-order valence-corrected chi connectivity index (χ1v) is 9.78. The molecule has 2 aromatic rings. The highest BCUT2D eigenvalue weighted by Gasteiger charge is 2.31. The maximum Gasteiger partial charge on any atom is 0.200 e. The van der Waals surface area contributed by atoms with Crippen LogP contribution in [0.3, 0.4) is 0 Å². The molecular formula is C19H25NO3S. The highest BCUT2D eigenvalue weighted by atomic mass is 32.2. The Balaban J connectivity index is 1.61. The number of fused-ring (bicyclic) bond motifs is 1. The number of ether oxygens (including phenoxy) is 1. The number of Topliss-reactive ketones (excluding diaryl/α,β-unsaturated/α-hetero) is 1. The number of thioether (sulfide) groups is 1. The summed E-state index contributed by atoms with van der Waals surface area (Å²) in [5, 5.41) is 4.98. The van der Waals surface area contributed by atoms with Gasteiger partial charge in [0.2, 0.25) is 5.78 Å². The van der Waals surface area contributed by atoms with E-state index in [1.807, 2.05) is 49.9 Å². The fourth-order valence-electron chi connectivity index (χ4n) is 2.88. The van der Waals surface area contributed by atoms with Gasteiger partial charge < -0.3 is 14.5 Å². The Hall–Kier alpha value is -1.46. The van der Waals surface area contributed by atoms with Crippen LogP contribution >= 0.6 is 11.8 Å². The van der Waals surface area contributed by atoms with E-state index in [4.69, 9.17) is 9.15 Å². The Morgan fingerprint density at radius 3 is 2.71 bits per heavy atom. The molecule has 24 heavy (non-hydrogen) atoms. The molecule has 1 aliphatic rings. The average molecular weight is 347 g/mol. The fraction of sp³-hybridized carbons (Fsp3) is 0.526. The molecule has 1 aromatic heterocycles. The summed E-state index contributed by atoms with van der Waals surface area (Å²) in [5.74, 6) is 1.20. The molecular weight excluding hydrogens is 322 g/mol. The minimum absolute atomic E-state index is 0.0319. The molecule has 1 fully saturated rings. The lowest BCUT2D eigenvalue weighted by Crippen LogP contribution is -2.48. The van der Waals surface area contributed by atoms with Crippen molar-refractivity contribution in [2.24, 2.45) is 5.92 Å². The van der Waals surface area contributed by atoms with Crippen molar-refractivity contribution in [1.82, 2.24) is 5.32 Å². The van der Waals surface area contributed by atoms with E-state index in [0.29, 0.717) is 22.8 Å². The van der Waals surface area contributed by atoms with Crippen LogP contribution in [-0.4, -0.2) is 29.6 Å².